The second-order valence-corrected chi connectivity index (χ2v) is 9.77. The van der Waals surface area contributed by atoms with Crippen molar-refractivity contribution < 1.29 is 9.59 Å². The van der Waals surface area contributed by atoms with Gasteiger partial charge in [-0.25, -0.2) is 9.97 Å². The SMILES string of the molecule is CC1(C)C(C(=O)NC2CC3(CN(C(=O)c4cnccn4)C3)n3ccnc32)C1(C)C. The normalized spacial score (nSPS) is 25.4. The molecule has 2 aromatic rings. The van der Waals surface area contributed by atoms with Gasteiger partial charge in [0.25, 0.3) is 5.91 Å². The maximum absolute atomic E-state index is 13.0. The lowest BCUT2D eigenvalue weighted by molar-refractivity contribution is -0.124. The molecule has 1 aliphatic carbocycles. The van der Waals surface area contributed by atoms with Crippen LogP contribution in [0.1, 0.15) is 56.5 Å². The predicted octanol–water partition coefficient (Wildman–Crippen LogP) is 1.77. The summed E-state index contributed by atoms with van der Waals surface area (Å²) in [5, 5.41) is 3.25. The van der Waals surface area contributed by atoms with Gasteiger partial charge in [0.2, 0.25) is 5.91 Å². The molecule has 1 unspecified atom stereocenters. The van der Waals surface area contributed by atoms with E-state index in [2.05, 4.69) is 52.5 Å². The van der Waals surface area contributed by atoms with Crippen molar-refractivity contribution in [2.24, 2.45) is 16.7 Å². The molecule has 2 aromatic heterocycles. The lowest BCUT2D eigenvalue weighted by Gasteiger charge is -2.48. The molecule has 1 saturated heterocycles. The van der Waals surface area contributed by atoms with Crippen LogP contribution in [0.15, 0.2) is 31.0 Å². The van der Waals surface area contributed by atoms with Crippen molar-refractivity contribution in [2.45, 2.75) is 45.7 Å². The molecule has 29 heavy (non-hydrogen) atoms. The standard InChI is InChI=1S/C21H26N6O2/c1-19(2)15(20(19,3)4)17(28)25-13-9-21(27-8-7-24-16(13)27)11-26(12-21)18(29)14-10-22-5-6-23-14/h5-8,10,13,15H,9,11-12H2,1-4H3,(H,25,28). The van der Waals surface area contributed by atoms with E-state index in [0.29, 0.717) is 18.8 Å². The third-order valence-electron chi connectivity index (χ3n) is 7.72. The minimum Gasteiger partial charge on any atom is -0.346 e. The number of carbonyl (C=O) groups is 2. The maximum atomic E-state index is 13.0. The summed E-state index contributed by atoms with van der Waals surface area (Å²) in [6.07, 6.45) is 9.05. The number of amides is 2. The zero-order valence-electron chi connectivity index (χ0n) is 17.2. The van der Waals surface area contributed by atoms with Crippen LogP contribution in [-0.2, 0) is 10.3 Å². The molecule has 1 atom stereocenters. The van der Waals surface area contributed by atoms with Crippen molar-refractivity contribution in [1.82, 2.24) is 29.7 Å². The third-order valence-corrected chi connectivity index (χ3v) is 7.72. The fourth-order valence-corrected chi connectivity index (χ4v) is 5.43. The molecule has 4 heterocycles. The number of likely N-dealkylation sites (tertiary alicyclic amines) is 1. The number of nitrogens with one attached hydrogen (secondary N) is 1. The van der Waals surface area contributed by atoms with E-state index in [1.807, 2.05) is 6.20 Å². The van der Waals surface area contributed by atoms with Gasteiger partial charge in [0, 0.05) is 50.2 Å². The lowest BCUT2D eigenvalue weighted by Crippen LogP contribution is -2.63. The molecule has 0 bridgehead atoms. The minimum absolute atomic E-state index is 0.000789. The van der Waals surface area contributed by atoms with Gasteiger partial charge < -0.3 is 14.8 Å². The van der Waals surface area contributed by atoms with Crippen molar-refractivity contribution in [1.29, 1.82) is 0 Å². The van der Waals surface area contributed by atoms with Crippen molar-refractivity contribution in [3.63, 3.8) is 0 Å². The third kappa shape index (κ3) is 2.41. The highest BCUT2D eigenvalue weighted by Gasteiger charge is 2.68. The summed E-state index contributed by atoms with van der Waals surface area (Å²) in [5.74, 6) is 0.870. The van der Waals surface area contributed by atoms with Gasteiger partial charge in [-0.1, -0.05) is 27.7 Å². The minimum atomic E-state index is -0.212. The lowest BCUT2D eigenvalue weighted by atomic mass is 9.85. The van der Waals surface area contributed by atoms with Crippen LogP contribution in [0.4, 0.5) is 0 Å². The van der Waals surface area contributed by atoms with Crippen molar-refractivity contribution in [3.05, 3.63) is 42.5 Å². The van der Waals surface area contributed by atoms with Gasteiger partial charge >= 0.3 is 0 Å². The molecule has 3 aliphatic rings. The molecule has 2 aliphatic heterocycles. The molecule has 1 N–H and O–H groups in total. The second kappa shape index (κ2) is 5.64. The topological polar surface area (TPSA) is 93.0 Å². The van der Waals surface area contributed by atoms with E-state index >= 15 is 0 Å². The number of carbonyl (C=O) groups excluding carboxylic acids is 2. The summed E-state index contributed by atoms with van der Waals surface area (Å²) in [4.78, 5) is 40.0. The average molecular weight is 394 g/mol. The summed E-state index contributed by atoms with van der Waals surface area (Å²) in [5.41, 5.74) is 0.142. The fraction of sp³-hybridized carbons (Fsp3) is 0.571. The Bertz CT molecular complexity index is 976. The van der Waals surface area contributed by atoms with E-state index in [1.165, 1.54) is 12.4 Å². The van der Waals surface area contributed by atoms with E-state index in [4.69, 9.17) is 0 Å². The first-order valence-corrected chi connectivity index (χ1v) is 10.1. The van der Waals surface area contributed by atoms with Crippen LogP contribution in [0.5, 0.6) is 0 Å². The Balaban J connectivity index is 1.30. The molecule has 8 heteroatoms. The molecular formula is C21H26N6O2. The zero-order valence-corrected chi connectivity index (χ0v) is 17.2. The van der Waals surface area contributed by atoms with Crippen LogP contribution in [0.3, 0.4) is 0 Å². The average Bonchev–Trinajstić information content (AvgIpc) is 3.05. The van der Waals surface area contributed by atoms with Crippen LogP contribution in [0, 0.1) is 16.7 Å². The predicted molar refractivity (Wildman–Crippen MR) is 105 cm³/mol. The van der Waals surface area contributed by atoms with Gasteiger partial charge in [-0.2, -0.15) is 0 Å². The first kappa shape index (κ1) is 18.3. The molecule has 1 saturated carbocycles. The van der Waals surface area contributed by atoms with E-state index in [9.17, 15) is 9.59 Å². The number of aromatic nitrogens is 4. The maximum Gasteiger partial charge on any atom is 0.274 e. The first-order chi connectivity index (χ1) is 13.7. The highest BCUT2D eigenvalue weighted by Crippen LogP contribution is 2.68. The number of nitrogens with zero attached hydrogens (tertiary/aromatic N) is 5. The quantitative estimate of drug-likeness (QED) is 0.856. The Hall–Kier alpha value is -2.77. The molecule has 2 amide bonds. The highest BCUT2D eigenvalue weighted by atomic mass is 16.2. The van der Waals surface area contributed by atoms with Gasteiger partial charge in [-0.05, 0) is 10.8 Å². The summed E-state index contributed by atoms with van der Waals surface area (Å²) in [6.45, 7) is 9.76. The van der Waals surface area contributed by atoms with E-state index in [1.54, 1.807) is 17.3 Å². The first-order valence-electron chi connectivity index (χ1n) is 10.1. The van der Waals surface area contributed by atoms with E-state index in [0.717, 1.165) is 12.2 Å². The molecular weight excluding hydrogens is 368 g/mol. The Morgan fingerprint density at radius 2 is 1.79 bits per heavy atom. The van der Waals surface area contributed by atoms with Gasteiger partial charge in [-0.3, -0.25) is 14.6 Å². The van der Waals surface area contributed by atoms with Gasteiger partial charge in [0.05, 0.1) is 17.8 Å². The molecule has 8 nitrogen and oxygen atoms in total. The van der Waals surface area contributed by atoms with E-state index in [-0.39, 0.29) is 40.1 Å². The summed E-state index contributed by atoms with van der Waals surface area (Å²) < 4.78 is 2.14. The monoisotopic (exact) mass is 394 g/mol. The van der Waals surface area contributed by atoms with Crippen LogP contribution in [0.2, 0.25) is 0 Å². The Morgan fingerprint density at radius 3 is 2.41 bits per heavy atom. The molecule has 5 rings (SSSR count). The van der Waals surface area contributed by atoms with Gasteiger partial charge in [-0.15, -0.1) is 0 Å². The number of rotatable bonds is 3. The summed E-state index contributed by atoms with van der Waals surface area (Å²) in [7, 11) is 0. The number of hydrogen-bond donors (Lipinski definition) is 1. The molecule has 0 radical (unpaired) electrons. The van der Waals surface area contributed by atoms with Crippen molar-refractivity contribution in [3.8, 4) is 0 Å². The smallest absolute Gasteiger partial charge is 0.274 e. The van der Waals surface area contributed by atoms with Crippen molar-refractivity contribution >= 4 is 11.8 Å². The Kier molecular flexibility index (Phi) is 3.56. The molecule has 0 aromatic carbocycles. The van der Waals surface area contributed by atoms with Crippen LogP contribution >= 0.6 is 0 Å². The van der Waals surface area contributed by atoms with E-state index < -0.39 is 0 Å². The van der Waals surface area contributed by atoms with Gasteiger partial charge in [0.1, 0.15) is 11.5 Å². The second-order valence-electron chi connectivity index (χ2n) is 9.77. The largest absolute Gasteiger partial charge is 0.346 e. The van der Waals surface area contributed by atoms with Crippen molar-refractivity contribution in [2.75, 3.05) is 13.1 Å². The fourth-order valence-electron chi connectivity index (χ4n) is 5.43. The molecule has 152 valence electrons. The van der Waals surface area contributed by atoms with Crippen LogP contribution < -0.4 is 5.32 Å². The van der Waals surface area contributed by atoms with Crippen LogP contribution in [0.25, 0.3) is 0 Å². The van der Waals surface area contributed by atoms with Crippen LogP contribution in [-0.4, -0.2) is 49.3 Å². The van der Waals surface area contributed by atoms with Gasteiger partial charge in [0.15, 0.2) is 0 Å². The number of imidazole rings is 1. The molecule has 2 fully saturated rings. The summed E-state index contributed by atoms with van der Waals surface area (Å²) in [6, 6.07) is -0.126. The Labute approximate surface area is 169 Å². The number of hydrogen-bond acceptors (Lipinski definition) is 5. The molecule has 1 spiro atoms. The summed E-state index contributed by atoms with van der Waals surface area (Å²) >= 11 is 0. The number of fused-ring (bicyclic) bond motifs is 2. The highest BCUT2D eigenvalue weighted by molar-refractivity contribution is 5.92. The Morgan fingerprint density at radius 1 is 1.07 bits per heavy atom. The zero-order chi connectivity index (χ0) is 20.6.